The van der Waals surface area contributed by atoms with Crippen LogP contribution in [0.5, 0.6) is 0 Å². The number of ether oxygens (including phenoxy) is 1. The van der Waals surface area contributed by atoms with Crippen LogP contribution in [0.15, 0.2) is 54.6 Å². The van der Waals surface area contributed by atoms with Gasteiger partial charge in [-0.05, 0) is 56.4 Å². The Balaban J connectivity index is 1.82. The molecule has 3 N–H and O–H groups in total. The summed E-state index contributed by atoms with van der Waals surface area (Å²) in [5, 5.41) is 17.4. The Morgan fingerprint density at radius 1 is 1.11 bits per heavy atom. The average molecular weight is 486 g/mol. The van der Waals surface area contributed by atoms with Crippen LogP contribution in [0.4, 0.5) is 9.18 Å². The maximum atomic E-state index is 13.5. The fraction of sp³-hybridized carbons (Fsp3) is 0.481. The van der Waals surface area contributed by atoms with Gasteiger partial charge in [0, 0.05) is 6.54 Å². The molecule has 2 amide bonds. The number of hydrogen-bond acceptors (Lipinski definition) is 5. The number of nitrogens with one attached hydrogen (secondary N) is 2. The number of rotatable bonds is 8. The van der Waals surface area contributed by atoms with Crippen molar-refractivity contribution in [2.75, 3.05) is 0 Å². The van der Waals surface area contributed by atoms with Crippen LogP contribution in [0.25, 0.3) is 0 Å². The van der Waals surface area contributed by atoms with Crippen molar-refractivity contribution in [1.82, 2.24) is 15.5 Å². The summed E-state index contributed by atoms with van der Waals surface area (Å²) in [6.07, 6.45) is -1.89. The number of hydrogen-bond donors (Lipinski definition) is 3. The lowest BCUT2D eigenvalue weighted by atomic mass is 9.96. The number of carbonyl (C=O) groups is 2. The number of halogens is 1. The van der Waals surface area contributed by atoms with Gasteiger partial charge in [0.25, 0.3) is 0 Å². The zero-order chi connectivity index (χ0) is 25.8. The van der Waals surface area contributed by atoms with Gasteiger partial charge in [0.1, 0.15) is 17.5 Å². The average Bonchev–Trinajstić information content (AvgIpc) is 3.10. The summed E-state index contributed by atoms with van der Waals surface area (Å²) in [4.78, 5) is 27.7. The van der Waals surface area contributed by atoms with Gasteiger partial charge in [0.15, 0.2) is 0 Å². The topological polar surface area (TPSA) is 90.9 Å². The zero-order valence-corrected chi connectivity index (χ0v) is 21.0. The first-order valence-electron chi connectivity index (χ1n) is 12.0. The number of aliphatic hydroxyl groups excluding tert-OH is 1. The normalized spacial score (nSPS) is 20.1. The first kappa shape index (κ1) is 26.6. The Bertz CT molecular complexity index is 992. The van der Waals surface area contributed by atoms with Crippen molar-refractivity contribution < 1.29 is 23.8 Å². The number of amides is 2. The van der Waals surface area contributed by atoms with Crippen molar-refractivity contribution in [3.63, 3.8) is 0 Å². The lowest BCUT2D eigenvalue weighted by Crippen LogP contribution is -2.55. The molecule has 0 saturated carbocycles. The number of aliphatic hydroxyl groups is 1. The second-order valence-corrected chi connectivity index (χ2v) is 10.4. The van der Waals surface area contributed by atoms with Crippen LogP contribution in [-0.2, 0) is 22.5 Å². The SMILES string of the molecule is CC(C)C1NC([C@H](O)[C@H](Cc2ccccc2)NC(=O)OC(C)(C)C)C(=O)N1Cc1ccc(F)cc1. The first-order valence-corrected chi connectivity index (χ1v) is 12.0. The molecule has 1 aliphatic heterocycles. The van der Waals surface area contributed by atoms with Gasteiger partial charge < -0.3 is 20.1 Å². The van der Waals surface area contributed by atoms with Crippen molar-refractivity contribution in [3.05, 3.63) is 71.5 Å². The third-order valence-electron chi connectivity index (χ3n) is 5.89. The van der Waals surface area contributed by atoms with Crippen LogP contribution in [-0.4, -0.2) is 52.0 Å². The molecule has 1 saturated heterocycles. The molecule has 2 aromatic rings. The third-order valence-corrected chi connectivity index (χ3v) is 5.89. The van der Waals surface area contributed by atoms with Crippen molar-refractivity contribution in [1.29, 1.82) is 0 Å². The molecule has 1 fully saturated rings. The molecular weight excluding hydrogens is 449 g/mol. The van der Waals surface area contributed by atoms with Crippen LogP contribution < -0.4 is 10.6 Å². The quantitative estimate of drug-likeness (QED) is 0.532. The van der Waals surface area contributed by atoms with E-state index in [1.807, 2.05) is 44.2 Å². The van der Waals surface area contributed by atoms with E-state index in [-0.39, 0.29) is 30.4 Å². The van der Waals surface area contributed by atoms with Crippen LogP contribution in [0.1, 0.15) is 45.7 Å². The molecule has 0 bridgehead atoms. The fourth-order valence-electron chi connectivity index (χ4n) is 4.24. The predicted octanol–water partition coefficient (Wildman–Crippen LogP) is 3.61. The molecular formula is C27H36FN3O4. The van der Waals surface area contributed by atoms with E-state index in [9.17, 15) is 19.1 Å². The van der Waals surface area contributed by atoms with Gasteiger partial charge in [0.05, 0.1) is 18.3 Å². The van der Waals surface area contributed by atoms with Gasteiger partial charge in [-0.1, -0.05) is 56.3 Å². The maximum absolute atomic E-state index is 13.5. The minimum absolute atomic E-state index is 0.0583. The number of nitrogens with zero attached hydrogens (tertiary/aromatic N) is 1. The van der Waals surface area contributed by atoms with E-state index in [0.717, 1.165) is 11.1 Å². The van der Waals surface area contributed by atoms with Crippen molar-refractivity contribution in [2.24, 2.45) is 5.92 Å². The Labute approximate surface area is 206 Å². The molecule has 1 aliphatic rings. The highest BCUT2D eigenvalue weighted by molar-refractivity contribution is 5.85. The van der Waals surface area contributed by atoms with E-state index < -0.39 is 29.9 Å². The van der Waals surface area contributed by atoms with E-state index in [4.69, 9.17) is 4.74 Å². The molecule has 2 aromatic carbocycles. The van der Waals surface area contributed by atoms with Crippen LogP contribution in [0.3, 0.4) is 0 Å². The van der Waals surface area contributed by atoms with Gasteiger partial charge in [-0.15, -0.1) is 0 Å². The molecule has 4 atom stereocenters. The summed E-state index contributed by atoms with van der Waals surface area (Å²) in [6.45, 7) is 9.53. The fourth-order valence-corrected chi connectivity index (χ4v) is 4.24. The molecule has 1 heterocycles. The number of carbonyl (C=O) groups excluding carboxylic acids is 2. The number of alkyl carbamates (subject to hydrolysis) is 1. The predicted molar refractivity (Wildman–Crippen MR) is 132 cm³/mol. The van der Waals surface area contributed by atoms with Gasteiger partial charge in [-0.3, -0.25) is 10.1 Å². The van der Waals surface area contributed by atoms with Crippen molar-refractivity contribution in [2.45, 2.75) is 77.5 Å². The summed E-state index contributed by atoms with van der Waals surface area (Å²) in [7, 11) is 0. The smallest absolute Gasteiger partial charge is 0.407 e. The summed E-state index contributed by atoms with van der Waals surface area (Å²) < 4.78 is 18.8. The summed E-state index contributed by atoms with van der Waals surface area (Å²) in [6, 6.07) is 13.8. The zero-order valence-electron chi connectivity index (χ0n) is 21.0. The lowest BCUT2D eigenvalue weighted by molar-refractivity contribution is -0.133. The molecule has 0 aliphatic carbocycles. The minimum atomic E-state index is -1.21. The van der Waals surface area contributed by atoms with E-state index >= 15 is 0 Å². The molecule has 35 heavy (non-hydrogen) atoms. The maximum Gasteiger partial charge on any atom is 0.407 e. The molecule has 8 heteroatoms. The van der Waals surface area contributed by atoms with Gasteiger partial charge in [-0.25, -0.2) is 9.18 Å². The third kappa shape index (κ3) is 7.26. The first-order chi connectivity index (χ1) is 16.4. The molecule has 0 radical (unpaired) electrons. The Morgan fingerprint density at radius 3 is 2.31 bits per heavy atom. The Kier molecular flexibility index (Phi) is 8.51. The van der Waals surface area contributed by atoms with Gasteiger partial charge in [0.2, 0.25) is 5.91 Å². The van der Waals surface area contributed by atoms with Crippen LogP contribution in [0, 0.1) is 11.7 Å². The summed E-state index contributed by atoms with van der Waals surface area (Å²) in [5.74, 6) is -0.558. The van der Waals surface area contributed by atoms with E-state index in [2.05, 4.69) is 10.6 Å². The Morgan fingerprint density at radius 2 is 1.74 bits per heavy atom. The largest absolute Gasteiger partial charge is 0.444 e. The highest BCUT2D eigenvalue weighted by atomic mass is 19.1. The van der Waals surface area contributed by atoms with Crippen LogP contribution in [0.2, 0.25) is 0 Å². The van der Waals surface area contributed by atoms with Crippen molar-refractivity contribution >= 4 is 12.0 Å². The van der Waals surface area contributed by atoms with Gasteiger partial charge >= 0.3 is 6.09 Å². The van der Waals surface area contributed by atoms with Gasteiger partial charge in [-0.2, -0.15) is 0 Å². The minimum Gasteiger partial charge on any atom is -0.444 e. The second kappa shape index (κ2) is 11.2. The second-order valence-electron chi connectivity index (χ2n) is 10.4. The molecule has 3 rings (SSSR count). The highest BCUT2D eigenvalue weighted by Gasteiger charge is 2.46. The molecule has 7 nitrogen and oxygen atoms in total. The monoisotopic (exact) mass is 485 g/mol. The summed E-state index contributed by atoms with van der Waals surface area (Å²) >= 11 is 0. The summed E-state index contributed by atoms with van der Waals surface area (Å²) in [5.41, 5.74) is 0.985. The van der Waals surface area contributed by atoms with E-state index in [1.165, 1.54) is 12.1 Å². The molecule has 0 aromatic heterocycles. The molecule has 2 unspecified atom stereocenters. The van der Waals surface area contributed by atoms with E-state index in [0.29, 0.717) is 6.42 Å². The standard InChI is InChI=1S/C27H36FN3O4/c1-17(2)24-30-22(25(33)31(24)16-19-11-13-20(28)14-12-19)23(32)21(15-18-9-7-6-8-10-18)29-26(34)35-27(3,4)5/h6-14,17,21-24,30,32H,15-16H2,1-5H3,(H,29,34)/t21-,22?,23+,24?/m0/s1. The van der Waals surface area contributed by atoms with E-state index in [1.54, 1.807) is 37.8 Å². The Hall–Kier alpha value is -2.97. The highest BCUT2D eigenvalue weighted by Crippen LogP contribution is 2.24. The van der Waals surface area contributed by atoms with Crippen LogP contribution >= 0.6 is 0 Å². The van der Waals surface area contributed by atoms with Crippen molar-refractivity contribution in [3.8, 4) is 0 Å². The molecule has 190 valence electrons. The molecule has 0 spiro atoms. The number of benzene rings is 2. The lowest BCUT2D eigenvalue weighted by Gasteiger charge is -2.29.